The Hall–Kier alpha value is -2.13. The minimum Gasteiger partial charge on any atom is -0.460 e. The van der Waals surface area contributed by atoms with Gasteiger partial charge in [0.05, 0.1) is 12.1 Å². The highest BCUT2D eigenvalue weighted by atomic mass is 16.5. The number of rotatable bonds is 21. The molecule has 0 saturated heterocycles. The van der Waals surface area contributed by atoms with Crippen molar-refractivity contribution >= 4 is 29.7 Å². The third kappa shape index (κ3) is 13.6. The lowest BCUT2D eigenvalue weighted by Crippen LogP contribution is -2.51. The minimum absolute atomic E-state index is 0.00429. The van der Waals surface area contributed by atoms with Crippen molar-refractivity contribution in [3.8, 4) is 0 Å². The van der Waals surface area contributed by atoms with Gasteiger partial charge < -0.3 is 20.2 Å². The van der Waals surface area contributed by atoms with E-state index >= 15 is 0 Å². The molecule has 0 saturated carbocycles. The number of Topliss-reactive ketones (excluding diaryl/α,β-unsaturated/α-hetero) is 2. The number of aldehydes is 1. The van der Waals surface area contributed by atoms with E-state index in [4.69, 9.17) is 4.74 Å². The number of esters is 1. The molecule has 5 atom stereocenters. The third-order valence-corrected chi connectivity index (χ3v) is 6.81. The number of ether oxygens (including phenoxy) is 1. The van der Waals surface area contributed by atoms with Crippen LogP contribution in [0.4, 0.5) is 0 Å². The highest BCUT2D eigenvalue weighted by Gasteiger charge is 2.36. The van der Waals surface area contributed by atoms with Crippen LogP contribution in [0.2, 0.25) is 0 Å². The molecule has 0 aliphatic carbocycles. The Morgan fingerprint density at radius 2 is 1.45 bits per heavy atom. The molecule has 2 N–H and O–H groups in total. The number of nitrogens with one attached hydrogen (secondary N) is 2. The number of hydrogen-bond donors (Lipinski definition) is 2. The van der Waals surface area contributed by atoms with Crippen LogP contribution in [0.25, 0.3) is 0 Å². The fourth-order valence-corrected chi connectivity index (χ4v) is 4.69. The van der Waals surface area contributed by atoms with E-state index in [1.807, 2.05) is 13.8 Å². The van der Waals surface area contributed by atoms with Crippen molar-refractivity contribution in [2.45, 2.75) is 117 Å². The molecular formula is C29H53N3O6. The first-order chi connectivity index (χ1) is 17.8. The van der Waals surface area contributed by atoms with Gasteiger partial charge in [0.1, 0.15) is 18.4 Å². The zero-order valence-electron chi connectivity index (χ0n) is 25.2. The Balaban J connectivity index is 4.81. The molecule has 0 fully saturated rings. The summed E-state index contributed by atoms with van der Waals surface area (Å²) < 4.78 is 5.46. The maximum Gasteiger partial charge on any atom is 0.302 e. The average molecular weight is 540 g/mol. The second-order valence-corrected chi connectivity index (χ2v) is 11.4. The maximum atomic E-state index is 13.1. The van der Waals surface area contributed by atoms with Crippen LogP contribution < -0.4 is 10.6 Å². The van der Waals surface area contributed by atoms with Crippen LogP contribution in [-0.4, -0.2) is 80.0 Å². The highest BCUT2D eigenvalue weighted by molar-refractivity contribution is 5.91. The Bertz CT molecular complexity index is 753. The Kier molecular flexibility index (Phi) is 17.9. The molecule has 0 aliphatic heterocycles. The second kappa shape index (κ2) is 19.0. The van der Waals surface area contributed by atoms with Crippen LogP contribution in [-0.2, 0) is 28.7 Å². The molecule has 0 unspecified atom stereocenters. The molecule has 0 heterocycles. The smallest absolute Gasteiger partial charge is 0.302 e. The van der Waals surface area contributed by atoms with Crippen LogP contribution in [0.1, 0.15) is 92.9 Å². The van der Waals surface area contributed by atoms with E-state index in [1.54, 1.807) is 33.0 Å². The van der Waals surface area contributed by atoms with Gasteiger partial charge in [0.15, 0.2) is 11.6 Å². The Morgan fingerprint density at radius 3 is 1.87 bits per heavy atom. The van der Waals surface area contributed by atoms with Crippen molar-refractivity contribution in [2.75, 3.05) is 21.1 Å². The molecule has 0 rings (SSSR count). The average Bonchev–Trinajstić information content (AvgIpc) is 2.81. The number of unbranched alkanes of at least 4 members (excludes halogenated alkanes) is 3. The predicted octanol–water partition coefficient (Wildman–Crippen LogP) is 3.33. The largest absolute Gasteiger partial charge is 0.460 e. The summed E-state index contributed by atoms with van der Waals surface area (Å²) in [4.78, 5) is 63.0. The minimum atomic E-state index is -0.691. The van der Waals surface area contributed by atoms with Gasteiger partial charge in [-0.05, 0) is 52.2 Å². The quantitative estimate of drug-likeness (QED) is 0.129. The fourth-order valence-electron chi connectivity index (χ4n) is 4.69. The van der Waals surface area contributed by atoms with Crippen molar-refractivity contribution in [2.24, 2.45) is 17.8 Å². The van der Waals surface area contributed by atoms with Crippen LogP contribution >= 0.6 is 0 Å². The Labute approximate surface area is 230 Å². The summed E-state index contributed by atoms with van der Waals surface area (Å²) in [6.45, 7) is 11.1. The molecule has 0 radical (unpaired) electrons. The first-order valence-corrected chi connectivity index (χ1v) is 14.1. The van der Waals surface area contributed by atoms with E-state index < -0.39 is 24.2 Å². The maximum absolute atomic E-state index is 13.1. The van der Waals surface area contributed by atoms with Crippen molar-refractivity contribution in [3.63, 3.8) is 0 Å². The zero-order valence-corrected chi connectivity index (χ0v) is 25.2. The number of ketones is 2. The lowest BCUT2D eigenvalue weighted by atomic mass is 9.90. The van der Waals surface area contributed by atoms with Crippen LogP contribution in [0.5, 0.6) is 0 Å². The molecule has 0 bridgehead atoms. The van der Waals surface area contributed by atoms with Gasteiger partial charge in [-0.3, -0.25) is 24.1 Å². The molecule has 0 aromatic heterocycles. The van der Waals surface area contributed by atoms with Crippen molar-refractivity contribution in [1.29, 1.82) is 0 Å². The first kappa shape index (κ1) is 35.9. The first-order valence-electron chi connectivity index (χ1n) is 14.1. The third-order valence-electron chi connectivity index (χ3n) is 6.81. The summed E-state index contributed by atoms with van der Waals surface area (Å²) in [6.07, 6.45) is 4.64. The standard InChI is InChI=1S/C29H53N3O6/c1-19(2)18-23(30-7)29(37)31-26(20(3)4)24(35)14-12-10-11-13-15-25(36)27(32(8)9)28(38-22(6)34)21(5)16-17-33/h17,19-21,23,26-28,30H,10-16,18H2,1-9H3,(H,31,37)/t21-,23+,26+,27-,28+/m1/s1. The highest BCUT2D eigenvalue weighted by Crippen LogP contribution is 2.21. The van der Waals surface area contributed by atoms with Gasteiger partial charge in [-0.15, -0.1) is 0 Å². The summed E-state index contributed by atoms with van der Waals surface area (Å²) in [5.41, 5.74) is 0. The number of amides is 1. The number of hydrogen-bond acceptors (Lipinski definition) is 8. The molecule has 1 amide bonds. The van der Waals surface area contributed by atoms with Gasteiger partial charge in [-0.2, -0.15) is 0 Å². The van der Waals surface area contributed by atoms with E-state index in [2.05, 4.69) is 24.5 Å². The monoisotopic (exact) mass is 539 g/mol. The molecule has 0 spiro atoms. The molecule has 0 aromatic rings. The normalized spacial score (nSPS) is 15.6. The van der Waals surface area contributed by atoms with Gasteiger partial charge in [0, 0.05) is 32.1 Å². The van der Waals surface area contributed by atoms with Gasteiger partial charge in [0.2, 0.25) is 5.91 Å². The van der Waals surface area contributed by atoms with Crippen molar-refractivity contribution in [1.82, 2.24) is 15.5 Å². The lowest BCUT2D eigenvalue weighted by Gasteiger charge is -2.33. The molecule has 0 aliphatic rings. The molecule has 9 nitrogen and oxygen atoms in total. The van der Waals surface area contributed by atoms with Gasteiger partial charge in [0.25, 0.3) is 0 Å². The fraction of sp³-hybridized carbons (Fsp3) is 0.828. The van der Waals surface area contributed by atoms with Crippen LogP contribution in [0.3, 0.4) is 0 Å². The molecule has 38 heavy (non-hydrogen) atoms. The predicted molar refractivity (Wildman–Crippen MR) is 150 cm³/mol. The summed E-state index contributed by atoms with van der Waals surface area (Å²) >= 11 is 0. The Morgan fingerprint density at radius 1 is 0.895 bits per heavy atom. The summed E-state index contributed by atoms with van der Waals surface area (Å²) in [5, 5.41) is 5.99. The van der Waals surface area contributed by atoms with Crippen LogP contribution in [0, 0.1) is 17.8 Å². The van der Waals surface area contributed by atoms with Crippen molar-refractivity contribution < 1.29 is 28.7 Å². The van der Waals surface area contributed by atoms with E-state index in [1.165, 1.54) is 6.92 Å². The number of nitrogens with zero attached hydrogens (tertiary/aromatic N) is 1. The summed E-state index contributed by atoms with van der Waals surface area (Å²) in [5.74, 6) is -0.537. The molecule has 0 aromatic carbocycles. The lowest BCUT2D eigenvalue weighted by molar-refractivity contribution is -0.155. The molecule has 9 heteroatoms. The number of carbonyl (C=O) groups excluding carboxylic acids is 5. The van der Waals surface area contributed by atoms with E-state index in [9.17, 15) is 24.0 Å². The number of carbonyl (C=O) groups is 5. The van der Waals surface area contributed by atoms with E-state index in [0.717, 1.165) is 19.1 Å². The van der Waals surface area contributed by atoms with Gasteiger partial charge in [-0.25, -0.2) is 0 Å². The topological polar surface area (TPSA) is 122 Å². The van der Waals surface area contributed by atoms with Crippen molar-refractivity contribution in [3.05, 3.63) is 0 Å². The zero-order chi connectivity index (χ0) is 29.4. The van der Waals surface area contributed by atoms with Crippen LogP contribution in [0.15, 0.2) is 0 Å². The summed E-state index contributed by atoms with van der Waals surface area (Å²) in [7, 11) is 5.29. The van der Waals surface area contributed by atoms with E-state index in [-0.39, 0.29) is 41.8 Å². The number of likely N-dealkylation sites (N-methyl/N-ethyl adjacent to an activating group) is 2. The van der Waals surface area contributed by atoms with E-state index in [0.29, 0.717) is 38.0 Å². The summed E-state index contributed by atoms with van der Waals surface area (Å²) in [6, 6.07) is -1.46. The SMILES string of the molecule is CN[C@@H](CC(C)C)C(=O)N[C@H](C(=O)CCCCCCC(=O)[C@H]([C@@H](OC(C)=O)[C@H](C)CC=O)N(C)C)C(C)C. The van der Waals surface area contributed by atoms with Gasteiger partial charge >= 0.3 is 5.97 Å². The molecular weight excluding hydrogens is 486 g/mol. The molecule has 220 valence electrons. The second-order valence-electron chi connectivity index (χ2n) is 11.4. The van der Waals surface area contributed by atoms with Gasteiger partial charge in [-0.1, -0.05) is 47.5 Å².